The van der Waals surface area contributed by atoms with Gasteiger partial charge in [0, 0.05) is 69.4 Å². The number of anilines is 1. The van der Waals surface area contributed by atoms with Crippen LogP contribution < -0.4 is 15.2 Å². The molecule has 144 valence electrons. The van der Waals surface area contributed by atoms with Crippen molar-refractivity contribution in [1.29, 1.82) is 0 Å². The summed E-state index contributed by atoms with van der Waals surface area (Å²) in [4.78, 5) is 33.0. The van der Waals surface area contributed by atoms with Crippen molar-refractivity contribution >= 4 is 22.4 Å². The number of nitrogens with zero attached hydrogens (tertiary/aromatic N) is 4. The maximum Gasteiger partial charge on any atom is 0.254 e. The van der Waals surface area contributed by atoms with Crippen LogP contribution in [-0.4, -0.2) is 52.6 Å². The van der Waals surface area contributed by atoms with Crippen molar-refractivity contribution in [3.8, 4) is 5.75 Å². The molecule has 7 nitrogen and oxygen atoms in total. The minimum Gasteiger partial charge on any atom is -0.490 e. The number of ether oxygens (including phenoxy) is 1. The Morgan fingerprint density at radius 3 is 2.63 bits per heavy atom. The van der Waals surface area contributed by atoms with Crippen LogP contribution in [0.15, 0.2) is 28.5 Å². The molecule has 0 atom stereocenters. The number of hydrogen-bond acceptors (Lipinski definition) is 6. The molecular weight excluding hydrogens is 364 g/mol. The third-order valence-corrected chi connectivity index (χ3v) is 6.29. The number of aromatic nitrogens is 2. The van der Waals surface area contributed by atoms with E-state index in [1.165, 1.54) is 6.07 Å². The monoisotopic (exact) mass is 388 g/mol. The van der Waals surface area contributed by atoms with Gasteiger partial charge in [0.2, 0.25) is 5.91 Å². The van der Waals surface area contributed by atoms with E-state index in [9.17, 15) is 9.59 Å². The molecule has 0 aliphatic carbocycles. The summed E-state index contributed by atoms with van der Waals surface area (Å²) < 4.78 is 7.60. The van der Waals surface area contributed by atoms with Crippen LogP contribution in [-0.2, 0) is 11.8 Å². The minimum atomic E-state index is -0.0626. The van der Waals surface area contributed by atoms with Crippen molar-refractivity contribution in [2.24, 2.45) is 13.0 Å². The summed E-state index contributed by atoms with van der Waals surface area (Å²) in [5, 5.41) is 2.95. The lowest BCUT2D eigenvalue weighted by Gasteiger charge is -2.42. The Bertz CT molecular complexity index is 866. The number of amides is 1. The van der Waals surface area contributed by atoms with E-state index in [0.717, 1.165) is 36.8 Å². The fraction of sp³-hybridized carbons (Fsp3) is 0.526. The van der Waals surface area contributed by atoms with E-state index >= 15 is 0 Å². The topological polar surface area (TPSA) is 67.7 Å². The Balaban J connectivity index is 1.27. The number of carbonyl (C=O) groups excluding carboxylic acids is 1. The standard InChI is InChI=1S/C19H24N4O3S/c1-13-9-16(10-17(24)21(13)2)26-15-3-6-22(7-4-15)18(25)14-11-23(12-14)19-20-5-8-27-19/h5,8-10,14-15H,3-4,6-7,11-12H2,1-2H3. The van der Waals surface area contributed by atoms with Crippen LogP contribution in [0.4, 0.5) is 5.13 Å². The normalized spacial score (nSPS) is 18.4. The molecule has 2 saturated heterocycles. The summed E-state index contributed by atoms with van der Waals surface area (Å²) >= 11 is 1.61. The van der Waals surface area contributed by atoms with Crippen molar-refractivity contribution in [1.82, 2.24) is 14.5 Å². The predicted molar refractivity (Wildman–Crippen MR) is 104 cm³/mol. The van der Waals surface area contributed by atoms with Crippen LogP contribution in [0.5, 0.6) is 5.75 Å². The summed E-state index contributed by atoms with van der Waals surface area (Å²) in [6.07, 6.45) is 3.43. The third kappa shape index (κ3) is 3.71. The summed E-state index contributed by atoms with van der Waals surface area (Å²) in [6, 6.07) is 3.42. The molecule has 2 aliphatic rings. The van der Waals surface area contributed by atoms with E-state index in [1.54, 1.807) is 29.1 Å². The van der Waals surface area contributed by atoms with E-state index in [1.807, 2.05) is 23.3 Å². The molecule has 2 aromatic rings. The highest BCUT2D eigenvalue weighted by atomic mass is 32.1. The van der Waals surface area contributed by atoms with Crippen LogP contribution >= 0.6 is 11.3 Å². The van der Waals surface area contributed by atoms with E-state index < -0.39 is 0 Å². The van der Waals surface area contributed by atoms with Gasteiger partial charge in [0.1, 0.15) is 11.9 Å². The lowest BCUT2D eigenvalue weighted by molar-refractivity contribution is -0.138. The van der Waals surface area contributed by atoms with Gasteiger partial charge in [0.25, 0.3) is 5.56 Å². The first-order valence-corrected chi connectivity index (χ1v) is 10.2. The average molecular weight is 388 g/mol. The van der Waals surface area contributed by atoms with E-state index in [-0.39, 0.29) is 23.5 Å². The van der Waals surface area contributed by atoms with Crippen LogP contribution in [0.1, 0.15) is 18.5 Å². The molecule has 2 aliphatic heterocycles. The Hall–Kier alpha value is -2.35. The first-order chi connectivity index (χ1) is 13.0. The number of likely N-dealkylation sites (tertiary alicyclic amines) is 1. The smallest absolute Gasteiger partial charge is 0.254 e. The van der Waals surface area contributed by atoms with E-state index in [2.05, 4.69) is 9.88 Å². The van der Waals surface area contributed by atoms with Gasteiger partial charge in [-0.1, -0.05) is 0 Å². The van der Waals surface area contributed by atoms with Gasteiger partial charge in [-0.3, -0.25) is 9.59 Å². The van der Waals surface area contributed by atoms with Crippen molar-refractivity contribution in [3.63, 3.8) is 0 Å². The lowest BCUT2D eigenvalue weighted by Crippen LogP contribution is -2.56. The van der Waals surface area contributed by atoms with Crippen molar-refractivity contribution in [3.05, 3.63) is 39.8 Å². The number of aryl methyl sites for hydroxylation is 1. The number of hydrogen-bond donors (Lipinski definition) is 0. The number of thiazole rings is 1. The zero-order chi connectivity index (χ0) is 19.0. The molecule has 0 radical (unpaired) electrons. The summed E-state index contributed by atoms with van der Waals surface area (Å²) in [5.41, 5.74) is 0.812. The second-order valence-electron chi connectivity index (χ2n) is 7.29. The van der Waals surface area contributed by atoms with Gasteiger partial charge >= 0.3 is 0 Å². The first kappa shape index (κ1) is 18.0. The van der Waals surface area contributed by atoms with Crippen molar-refractivity contribution < 1.29 is 9.53 Å². The third-order valence-electron chi connectivity index (χ3n) is 5.45. The molecular formula is C19H24N4O3S. The van der Waals surface area contributed by atoms with Gasteiger partial charge in [-0.25, -0.2) is 4.98 Å². The molecule has 4 rings (SSSR count). The molecule has 2 aromatic heterocycles. The number of rotatable bonds is 4. The fourth-order valence-electron chi connectivity index (χ4n) is 3.61. The SMILES string of the molecule is Cc1cc(OC2CCN(C(=O)C3CN(c4nccs4)C3)CC2)cc(=O)n1C. The largest absolute Gasteiger partial charge is 0.490 e. The highest BCUT2D eigenvalue weighted by Crippen LogP contribution is 2.28. The Labute approximate surface area is 162 Å². The van der Waals surface area contributed by atoms with Crippen LogP contribution in [0, 0.1) is 12.8 Å². The lowest BCUT2D eigenvalue weighted by atomic mass is 9.97. The number of pyridine rings is 1. The van der Waals surface area contributed by atoms with Crippen LogP contribution in [0.25, 0.3) is 0 Å². The second kappa shape index (κ2) is 7.34. The predicted octanol–water partition coefficient (Wildman–Crippen LogP) is 1.66. The highest BCUT2D eigenvalue weighted by Gasteiger charge is 2.37. The quantitative estimate of drug-likeness (QED) is 0.797. The summed E-state index contributed by atoms with van der Waals surface area (Å²) in [5.74, 6) is 0.940. The molecule has 4 heterocycles. The molecule has 0 spiro atoms. The molecule has 0 bridgehead atoms. The molecule has 8 heteroatoms. The van der Waals surface area contributed by atoms with Gasteiger partial charge in [-0.15, -0.1) is 11.3 Å². The molecule has 1 amide bonds. The van der Waals surface area contributed by atoms with Crippen LogP contribution in [0.2, 0.25) is 0 Å². The van der Waals surface area contributed by atoms with E-state index in [4.69, 9.17) is 4.74 Å². The molecule has 27 heavy (non-hydrogen) atoms. The Morgan fingerprint density at radius 1 is 1.26 bits per heavy atom. The average Bonchev–Trinajstić information content (AvgIpc) is 3.13. The fourth-order valence-corrected chi connectivity index (χ4v) is 4.28. The molecule has 0 aromatic carbocycles. The molecule has 0 unspecified atom stereocenters. The summed E-state index contributed by atoms with van der Waals surface area (Å²) in [6.45, 7) is 4.83. The molecule has 0 saturated carbocycles. The Morgan fingerprint density at radius 2 is 2.00 bits per heavy atom. The van der Waals surface area contributed by atoms with Gasteiger partial charge in [0.05, 0.1) is 5.92 Å². The maximum atomic E-state index is 12.7. The maximum absolute atomic E-state index is 12.7. The van der Waals surface area contributed by atoms with E-state index in [0.29, 0.717) is 18.8 Å². The zero-order valence-corrected chi connectivity index (χ0v) is 16.4. The van der Waals surface area contributed by atoms with Gasteiger partial charge < -0.3 is 19.1 Å². The zero-order valence-electron chi connectivity index (χ0n) is 15.6. The first-order valence-electron chi connectivity index (χ1n) is 9.29. The second-order valence-corrected chi connectivity index (χ2v) is 8.16. The van der Waals surface area contributed by atoms with Crippen molar-refractivity contribution in [2.45, 2.75) is 25.9 Å². The van der Waals surface area contributed by atoms with Crippen molar-refractivity contribution in [2.75, 3.05) is 31.1 Å². The highest BCUT2D eigenvalue weighted by molar-refractivity contribution is 7.13. The van der Waals surface area contributed by atoms with Crippen LogP contribution in [0.3, 0.4) is 0 Å². The number of carbonyl (C=O) groups is 1. The van der Waals surface area contributed by atoms with Gasteiger partial charge in [0.15, 0.2) is 5.13 Å². The minimum absolute atomic E-state index is 0.0498. The van der Waals surface area contributed by atoms with Gasteiger partial charge in [-0.2, -0.15) is 0 Å². The van der Waals surface area contributed by atoms with Gasteiger partial charge in [-0.05, 0) is 13.0 Å². The molecule has 2 fully saturated rings. The summed E-state index contributed by atoms with van der Waals surface area (Å²) in [7, 11) is 1.75. The molecule has 0 N–H and O–H groups in total. The Kier molecular flexibility index (Phi) is 4.90. The number of piperidine rings is 1.